The van der Waals surface area contributed by atoms with Crippen molar-refractivity contribution in [3.8, 4) is 5.75 Å². The Morgan fingerprint density at radius 2 is 1.86 bits per heavy atom. The van der Waals surface area contributed by atoms with Gasteiger partial charge >= 0.3 is 0 Å². The minimum absolute atomic E-state index is 0.0819. The monoisotopic (exact) mass is 389 g/mol. The van der Waals surface area contributed by atoms with Crippen LogP contribution in [-0.2, 0) is 24.2 Å². The van der Waals surface area contributed by atoms with Crippen LogP contribution in [0.5, 0.6) is 5.75 Å². The van der Waals surface area contributed by atoms with Gasteiger partial charge in [0.2, 0.25) is 5.91 Å². The number of hydrazone groups is 1. The van der Waals surface area contributed by atoms with E-state index in [1.807, 2.05) is 31.2 Å². The summed E-state index contributed by atoms with van der Waals surface area (Å²) < 4.78 is 7.70. The van der Waals surface area contributed by atoms with Gasteiger partial charge in [-0.1, -0.05) is 30.3 Å². The van der Waals surface area contributed by atoms with E-state index in [4.69, 9.17) is 4.74 Å². The number of aromatic nitrogens is 1. The van der Waals surface area contributed by atoms with Gasteiger partial charge in [-0.2, -0.15) is 5.10 Å². The SMILES string of the molecule is COc1ccccc1/C(C)=N\NC(=O)CCn1c2c(c3ccccc31)CCCC2. The Morgan fingerprint density at radius 3 is 2.72 bits per heavy atom. The van der Waals surface area contributed by atoms with Gasteiger partial charge in [-0.05, 0) is 56.4 Å². The Hall–Kier alpha value is -3.08. The number of fused-ring (bicyclic) bond motifs is 3. The highest BCUT2D eigenvalue weighted by molar-refractivity contribution is 6.01. The lowest BCUT2D eigenvalue weighted by Crippen LogP contribution is -2.21. The number of rotatable bonds is 6. The van der Waals surface area contributed by atoms with Crippen LogP contribution in [0, 0.1) is 0 Å². The fraction of sp³-hybridized carbons (Fsp3) is 0.333. The molecular formula is C24H27N3O2. The van der Waals surface area contributed by atoms with Crippen molar-refractivity contribution in [1.82, 2.24) is 9.99 Å². The zero-order valence-corrected chi connectivity index (χ0v) is 17.1. The van der Waals surface area contributed by atoms with E-state index in [1.54, 1.807) is 7.11 Å². The van der Waals surface area contributed by atoms with Gasteiger partial charge in [0.25, 0.3) is 0 Å². The van der Waals surface area contributed by atoms with Gasteiger partial charge in [-0.15, -0.1) is 0 Å². The number of para-hydroxylation sites is 2. The van der Waals surface area contributed by atoms with E-state index < -0.39 is 0 Å². The molecule has 4 rings (SSSR count). The number of methoxy groups -OCH3 is 1. The number of nitrogens with zero attached hydrogens (tertiary/aromatic N) is 2. The molecule has 0 bridgehead atoms. The third-order valence-electron chi connectivity index (χ3n) is 5.69. The van der Waals surface area contributed by atoms with E-state index in [-0.39, 0.29) is 5.91 Å². The normalized spacial score (nSPS) is 13.9. The van der Waals surface area contributed by atoms with Crippen LogP contribution in [0.2, 0.25) is 0 Å². The van der Waals surface area contributed by atoms with Gasteiger partial charge in [-0.3, -0.25) is 4.79 Å². The summed E-state index contributed by atoms with van der Waals surface area (Å²) in [4.78, 5) is 12.5. The standard InChI is InChI=1S/C24H27N3O2/c1-17(18-9-5-8-14-23(18)29-2)25-26-24(28)15-16-27-21-12-6-3-10-19(21)20-11-4-7-13-22(20)27/h3,5-6,8-10,12,14H,4,7,11,13,15-16H2,1-2H3,(H,26,28)/b25-17-. The van der Waals surface area contributed by atoms with E-state index in [1.165, 1.54) is 35.0 Å². The van der Waals surface area contributed by atoms with Gasteiger partial charge in [0, 0.05) is 35.1 Å². The minimum Gasteiger partial charge on any atom is -0.496 e. The summed E-state index contributed by atoms with van der Waals surface area (Å²) in [6.45, 7) is 2.54. The van der Waals surface area contributed by atoms with E-state index in [0.29, 0.717) is 13.0 Å². The third kappa shape index (κ3) is 3.90. The number of amides is 1. The molecule has 0 aliphatic heterocycles. The Morgan fingerprint density at radius 1 is 1.10 bits per heavy atom. The first kappa shape index (κ1) is 19.2. The summed E-state index contributed by atoms with van der Waals surface area (Å²) in [5.41, 5.74) is 8.41. The van der Waals surface area contributed by atoms with Crippen molar-refractivity contribution in [2.45, 2.75) is 45.6 Å². The summed E-state index contributed by atoms with van der Waals surface area (Å²) in [5.74, 6) is 0.662. The second-order valence-corrected chi connectivity index (χ2v) is 7.48. The first-order valence-corrected chi connectivity index (χ1v) is 10.2. The molecule has 1 heterocycles. The molecule has 0 saturated heterocycles. The predicted molar refractivity (Wildman–Crippen MR) is 117 cm³/mol. The van der Waals surface area contributed by atoms with Gasteiger partial charge in [0.05, 0.1) is 12.8 Å². The summed E-state index contributed by atoms with van der Waals surface area (Å²) in [5, 5.41) is 5.62. The summed E-state index contributed by atoms with van der Waals surface area (Å²) in [7, 11) is 1.63. The molecule has 0 spiro atoms. The largest absolute Gasteiger partial charge is 0.496 e. The van der Waals surface area contributed by atoms with Crippen molar-refractivity contribution in [3.63, 3.8) is 0 Å². The smallest absolute Gasteiger partial charge is 0.241 e. The summed E-state index contributed by atoms with van der Waals surface area (Å²) in [6, 6.07) is 16.2. The third-order valence-corrected chi connectivity index (χ3v) is 5.69. The minimum atomic E-state index is -0.0819. The highest BCUT2D eigenvalue weighted by atomic mass is 16.5. The van der Waals surface area contributed by atoms with Crippen molar-refractivity contribution >= 4 is 22.5 Å². The van der Waals surface area contributed by atoms with E-state index in [9.17, 15) is 4.79 Å². The molecule has 2 aromatic carbocycles. The fourth-order valence-corrected chi connectivity index (χ4v) is 4.26. The molecule has 1 aliphatic rings. The number of benzene rings is 2. The fourth-order valence-electron chi connectivity index (χ4n) is 4.26. The maximum absolute atomic E-state index is 12.5. The molecule has 1 aromatic heterocycles. The molecule has 0 fully saturated rings. The zero-order valence-electron chi connectivity index (χ0n) is 17.1. The van der Waals surface area contributed by atoms with E-state index in [0.717, 1.165) is 29.9 Å². The molecule has 0 radical (unpaired) electrons. The molecule has 5 heteroatoms. The van der Waals surface area contributed by atoms with Crippen LogP contribution in [0.1, 0.15) is 43.0 Å². The lowest BCUT2D eigenvalue weighted by Gasteiger charge is -2.15. The first-order chi connectivity index (χ1) is 14.2. The molecule has 0 atom stereocenters. The van der Waals surface area contributed by atoms with Gasteiger partial charge in [-0.25, -0.2) is 5.43 Å². The van der Waals surface area contributed by atoms with Crippen molar-refractivity contribution in [2.75, 3.05) is 7.11 Å². The highest BCUT2D eigenvalue weighted by Crippen LogP contribution is 2.32. The van der Waals surface area contributed by atoms with Crippen LogP contribution in [-0.4, -0.2) is 23.3 Å². The number of hydrogen-bond donors (Lipinski definition) is 1. The van der Waals surface area contributed by atoms with Crippen LogP contribution in [0.3, 0.4) is 0 Å². The van der Waals surface area contributed by atoms with Crippen LogP contribution in [0.4, 0.5) is 0 Å². The average Bonchev–Trinajstić information content (AvgIpc) is 3.09. The van der Waals surface area contributed by atoms with Gasteiger partial charge in [0.15, 0.2) is 0 Å². The molecular weight excluding hydrogens is 362 g/mol. The lowest BCUT2D eigenvalue weighted by atomic mass is 9.95. The molecule has 0 unspecified atom stereocenters. The topological polar surface area (TPSA) is 55.6 Å². The summed E-state index contributed by atoms with van der Waals surface area (Å²) >= 11 is 0. The number of aryl methyl sites for hydroxylation is 2. The molecule has 29 heavy (non-hydrogen) atoms. The van der Waals surface area contributed by atoms with Crippen LogP contribution in [0.15, 0.2) is 53.6 Å². The average molecular weight is 389 g/mol. The molecule has 150 valence electrons. The number of carbonyl (C=O) groups is 1. The van der Waals surface area contributed by atoms with Crippen LogP contribution < -0.4 is 10.2 Å². The van der Waals surface area contributed by atoms with Crippen LogP contribution >= 0.6 is 0 Å². The van der Waals surface area contributed by atoms with E-state index in [2.05, 4.69) is 39.4 Å². The Bertz CT molecular complexity index is 1070. The maximum atomic E-state index is 12.5. The molecule has 1 aliphatic carbocycles. The molecule has 3 aromatic rings. The molecule has 5 nitrogen and oxygen atoms in total. The molecule has 0 saturated carbocycles. The predicted octanol–water partition coefficient (Wildman–Crippen LogP) is 4.46. The number of carbonyl (C=O) groups excluding carboxylic acids is 1. The number of nitrogens with one attached hydrogen (secondary N) is 1. The number of hydrogen-bond acceptors (Lipinski definition) is 3. The van der Waals surface area contributed by atoms with E-state index >= 15 is 0 Å². The highest BCUT2D eigenvalue weighted by Gasteiger charge is 2.19. The van der Waals surface area contributed by atoms with Crippen molar-refractivity contribution in [1.29, 1.82) is 0 Å². The second kappa shape index (κ2) is 8.52. The van der Waals surface area contributed by atoms with Gasteiger partial charge in [0.1, 0.15) is 5.75 Å². The molecule has 1 N–H and O–H groups in total. The Balaban J connectivity index is 1.47. The van der Waals surface area contributed by atoms with Crippen molar-refractivity contribution < 1.29 is 9.53 Å². The Labute approximate surface area is 171 Å². The quantitative estimate of drug-likeness (QED) is 0.500. The maximum Gasteiger partial charge on any atom is 0.241 e. The summed E-state index contributed by atoms with van der Waals surface area (Å²) in [6.07, 6.45) is 5.10. The van der Waals surface area contributed by atoms with Crippen LogP contribution in [0.25, 0.3) is 10.9 Å². The second-order valence-electron chi connectivity index (χ2n) is 7.48. The number of ether oxygens (including phenoxy) is 1. The lowest BCUT2D eigenvalue weighted by molar-refractivity contribution is -0.121. The van der Waals surface area contributed by atoms with Crippen molar-refractivity contribution in [3.05, 3.63) is 65.4 Å². The van der Waals surface area contributed by atoms with Gasteiger partial charge < -0.3 is 9.30 Å². The first-order valence-electron chi connectivity index (χ1n) is 10.2. The zero-order chi connectivity index (χ0) is 20.2. The Kier molecular flexibility index (Phi) is 5.65. The molecule has 1 amide bonds. The van der Waals surface area contributed by atoms with Crippen molar-refractivity contribution in [2.24, 2.45) is 5.10 Å².